The van der Waals surface area contributed by atoms with Crippen LogP contribution in [0.25, 0.3) is 98.7 Å². The van der Waals surface area contributed by atoms with E-state index in [0.29, 0.717) is 5.69 Å². The number of fused-ring (bicyclic) bond motifs is 18. The van der Waals surface area contributed by atoms with Crippen LogP contribution >= 0.6 is 11.8 Å². The fourth-order valence-electron chi connectivity index (χ4n) is 11.8. The van der Waals surface area contributed by atoms with E-state index in [9.17, 15) is 0 Å². The lowest BCUT2D eigenvalue weighted by atomic mass is 9.67. The van der Waals surface area contributed by atoms with Crippen LogP contribution in [0.2, 0.25) is 0 Å². The zero-order chi connectivity index (χ0) is 44.0. The minimum atomic E-state index is -0.649. The Bertz CT molecular complexity index is 4250. The normalized spacial score (nSPS) is 13.4. The number of benzene rings is 8. The molecule has 1 aliphatic carbocycles. The Kier molecular flexibility index (Phi) is 7.34. The molecule has 0 fully saturated rings. The number of rotatable bonds is 3. The Labute approximate surface area is 388 Å². The highest BCUT2D eigenvalue weighted by Gasteiger charge is 2.51. The van der Waals surface area contributed by atoms with Gasteiger partial charge in [0.1, 0.15) is 0 Å². The molecular weight excluding hydrogens is 837 g/mol. The van der Waals surface area contributed by atoms with Crippen LogP contribution in [0.15, 0.2) is 216 Å². The Balaban J connectivity index is 0.966. The molecule has 6 heterocycles. The summed E-state index contributed by atoms with van der Waals surface area (Å²) >= 11 is 1.84. The van der Waals surface area contributed by atoms with Gasteiger partial charge in [0, 0.05) is 66.2 Å². The third-order valence-electron chi connectivity index (χ3n) is 14.4. The molecular formula is C60H34N6S. The summed E-state index contributed by atoms with van der Waals surface area (Å²) in [4.78, 5) is 16.2. The molecule has 0 saturated heterocycles. The molecule has 0 atom stereocenters. The molecule has 0 unspecified atom stereocenters. The quantitative estimate of drug-likeness (QED) is 0.166. The average Bonchev–Trinajstić information content (AvgIpc) is 4.10. The van der Waals surface area contributed by atoms with Crippen molar-refractivity contribution in [3.8, 4) is 28.5 Å². The second-order valence-electron chi connectivity index (χ2n) is 17.6. The van der Waals surface area contributed by atoms with Crippen LogP contribution in [0.4, 0.5) is 5.69 Å². The summed E-state index contributed by atoms with van der Waals surface area (Å²) in [6.45, 7) is 7.77. The Hall–Kier alpha value is -8.70. The topological polar surface area (TPSA) is 44.9 Å². The molecule has 1 spiro atoms. The molecule has 1 aliphatic heterocycles. The van der Waals surface area contributed by atoms with Gasteiger partial charge >= 0.3 is 0 Å². The van der Waals surface area contributed by atoms with E-state index < -0.39 is 5.41 Å². The van der Waals surface area contributed by atoms with Gasteiger partial charge in [0.25, 0.3) is 0 Å². The first-order valence-corrected chi connectivity index (χ1v) is 23.3. The van der Waals surface area contributed by atoms with Gasteiger partial charge in [0.15, 0.2) is 5.69 Å². The van der Waals surface area contributed by atoms with Crippen LogP contribution in [0.1, 0.15) is 22.3 Å². The van der Waals surface area contributed by atoms with Gasteiger partial charge in [-0.1, -0.05) is 115 Å². The van der Waals surface area contributed by atoms with Crippen molar-refractivity contribution in [2.75, 3.05) is 0 Å². The van der Waals surface area contributed by atoms with Gasteiger partial charge in [0.05, 0.1) is 56.5 Å². The molecule has 0 N–H and O–H groups in total. The van der Waals surface area contributed by atoms with Crippen molar-refractivity contribution in [2.24, 2.45) is 0 Å². The van der Waals surface area contributed by atoms with E-state index in [0.717, 1.165) is 72.4 Å². The van der Waals surface area contributed by atoms with Crippen molar-refractivity contribution in [3.63, 3.8) is 0 Å². The highest BCUT2D eigenvalue weighted by molar-refractivity contribution is 7.99. The number of aromatic nitrogens is 5. The van der Waals surface area contributed by atoms with Crippen LogP contribution in [-0.2, 0) is 5.41 Å². The summed E-state index contributed by atoms with van der Waals surface area (Å²) in [6, 6.07) is 70.4. The van der Waals surface area contributed by atoms with Crippen molar-refractivity contribution in [3.05, 3.63) is 240 Å². The molecule has 2 aliphatic rings. The van der Waals surface area contributed by atoms with E-state index in [4.69, 9.17) is 16.5 Å². The van der Waals surface area contributed by atoms with E-state index in [1.54, 1.807) is 0 Å². The van der Waals surface area contributed by atoms with Gasteiger partial charge in [-0.25, -0.2) is 4.85 Å². The van der Waals surface area contributed by atoms with Crippen molar-refractivity contribution < 1.29 is 0 Å². The highest BCUT2D eigenvalue weighted by Crippen LogP contribution is 2.62. The minimum absolute atomic E-state index is 0.637. The second kappa shape index (κ2) is 13.4. The van der Waals surface area contributed by atoms with Crippen LogP contribution in [0, 0.1) is 6.57 Å². The van der Waals surface area contributed by atoms with Crippen LogP contribution < -0.4 is 0 Å². The monoisotopic (exact) mass is 870 g/mol. The molecule has 5 aromatic heterocycles. The standard InChI is InChI=1S/C60H34N6S/c1-61-36-22-28-54-44(32-36)42-14-4-8-20-52(42)65(54)38-23-26-46-56(34-38)67-57-35-39(24-27-47(57)60(46)48-16-10-30-62-58(48)59-49(60)17-11-31-63-59)66-53-21-9-5-15-43(53)45-33-37(25-29-55(45)66)64-50-18-6-2-12-40(50)41-13-3-7-19-51(41)64/h2-35H. The lowest BCUT2D eigenvalue weighted by molar-refractivity contribution is 0.718. The van der Waals surface area contributed by atoms with Crippen molar-refractivity contribution >= 4 is 82.9 Å². The zero-order valence-electron chi connectivity index (χ0n) is 35.7. The predicted octanol–water partition coefficient (Wildman–Crippen LogP) is 15.1. The van der Waals surface area contributed by atoms with E-state index in [-0.39, 0.29) is 0 Å². The predicted molar refractivity (Wildman–Crippen MR) is 273 cm³/mol. The fourth-order valence-corrected chi connectivity index (χ4v) is 13.0. The van der Waals surface area contributed by atoms with E-state index in [1.165, 1.54) is 53.5 Å². The molecule has 0 bridgehead atoms. The molecule has 0 amide bonds. The zero-order valence-corrected chi connectivity index (χ0v) is 36.5. The molecule has 310 valence electrons. The number of para-hydroxylation sites is 4. The van der Waals surface area contributed by atoms with Crippen LogP contribution in [0.3, 0.4) is 0 Å². The smallest absolute Gasteiger partial charge is 0.188 e. The Morgan fingerprint density at radius 1 is 0.373 bits per heavy atom. The second-order valence-corrected chi connectivity index (χ2v) is 18.7. The van der Waals surface area contributed by atoms with Crippen molar-refractivity contribution in [1.82, 2.24) is 23.7 Å². The van der Waals surface area contributed by atoms with E-state index in [2.05, 4.69) is 201 Å². The first kappa shape index (κ1) is 36.6. The lowest BCUT2D eigenvalue weighted by Crippen LogP contribution is -2.32. The summed E-state index contributed by atoms with van der Waals surface area (Å²) < 4.78 is 7.19. The van der Waals surface area contributed by atoms with Crippen LogP contribution in [0.5, 0.6) is 0 Å². The summed E-state index contributed by atoms with van der Waals surface area (Å²) in [6.07, 6.45) is 3.77. The SMILES string of the molecule is [C-]#[N+]c1ccc2c(c1)c1ccccc1n2-c1ccc2c(c1)Sc1cc(-n3c4ccccc4c4cc(-n5c6ccccc6c6ccccc65)ccc43)ccc1C21c2cccnc2-c2ncccc21. The molecule has 0 radical (unpaired) electrons. The largest absolute Gasteiger partial charge is 0.309 e. The van der Waals surface area contributed by atoms with Crippen molar-refractivity contribution in [1.29, 1.82) is 0 Å². The Morgan fingerprint density at radius 2 is 0.776 bits per heavy atom. The fraction of sp³-hybridized carbons (Fsp3) is 0.0167. The van der Waals surface area contributed by atoms with Gasteiger partial charge in [-0.3, -0.25) is 9.97 Å². The van der Waals surface area contributed by atoms with E-state index >= 15 is 0 Å². The number of nitrogens with zero attached hydrogens (tertiary/aromatic N) is 6. The molecule has 8 aromatic carbocycles. The molecule has 0 saturated carbocycles. The summed E-state index contributed by atoms with van der Waals surface area (Å²) in [5.74, 6) is 0. The maximum Gasteiger partial charge on any atom is 0.188 e. The first-order valence-electron chi connectivity index (χ1n) is 22.5. The number of hydrogen-bond donors (Lipinski definition) is 0. The highest BCUT2D eigenvalue weighted by atomic mass is 32.2. The third-order valence-corrected chi connectivity index (χ3v) is 15.5. The Morgan fingerprint density at radius 3 is 1.27 bits per heavy atom. The summed E-state index contributed by atoms with van der Waals surface area (Å²) in [7, 11) is 0. The molecule has 7 heteroatoms. The van der Waals surface area contributed by atoms with Gasteiger partial charge in [-0.05, 0) is 119 Å². The van der Waals surface area contributed by atoms with E-state index in [1.807, 2.05) is 36.3 Å². The minimum Gasteiger partial charge on any atom is -0.309 e. The van der Waals surface area contributed by atoms with Crippen molar-refractivity contribution in [2.45, 2.75) is 15.2 Å². The molecule has 67 heavy (non-hydrogen) atoms. The summed E-state index contributed by atoms with van der Waals surface area (Å²) in [5.41, 5.74) is 16.8. The van der Waals surface area contributed by atoms with Gasteiger partial charge in [-0.2, -0.15) is 0 Å². The molecule has 6 nitrogen and oxygen atoms in total. The van der Waals surface area contributed by atoms with Gasteiger partial charge < -0.3 is 13.7 Å². The first-order chi connectivity index (χ1) is 33.2. The lowest BCUT2D eigenvalue weighted by Gasteiger charge is -2.39. The molecule has 13 aromatic rings. The number of hydrogen-bond acceptors (Lipinski definition) is 3. The number of pyridine rings is 2. The third kappa shape index (κ3) is 4.79. The average molecular weight is 871 g/mol. The summed E-state index contributed by atoms with van der Waals surface area (Å²) in [5, 5.41) is 7.12. The maximum absolute atomic E-state index is 7.77. The van der Waals surface area contributed by atoms with Gasteiger partial charge in [-0.15, -0.1) is 0 Å². The van der Waals surface area contributed by atoms with Gasteiger partial charge in [0.2, 0.25) is 0 Å². The van der Waals surface area contributed by atoms with Crippen LogP contribution in [-0.4, -0.2) is 23.7 Å². The molecule has 15 rings (SSSR count). The maximum atomic E-state index is 7.77.